The maximum Gasteiger partial charge on any atom is 0.264 e. The van der Waals surface area contributed by atoms with Crippen LogP contribution in [0.25, 0.3) is 0 Å². The molecule has 1 aromatic heterocycles. The first-order valence-corrected chi connectivity index (χ1v) is 10.7. The van der Waals surface area contributed by atoms with Crippen molar-refractivity contribution in [2.75, 3.05) is 18.1 Å². The van der Waals surface area contributed by atoms with Gasteiger partial charge < -0.3 is 14.7 Å². The zero-order valence-corrected chi connectivity index (χ0v) is 17.9. The van der Waals surface area contributed by atoms with Crippen molar-refractivity contribution in [3.05, 3.63) is 81.0 Å². The molecule has 0 spiro atoms. The highest BCUT2D eigenvalue weighted by atomic mass is 35.5. The molecule has 0 aliphatic carbocycles. The van der Waals surface area contributed by atoms with Gasteiger partial charge in [0.25, 0.3) is 5.91 Å². The normalized spacial score (nSPS) is 17.8. The lowest BCUT2D eigenvalue weighted by Crippen LogP contribution is -2.43. The van der Waals surface area contributed by atoms with Gasteiger partial charge in [-0.05, 0) is 49.4 Å². The van der Waals surface area contributed by atoms with Gasteiger partial charge in [0.1, 0.15) is 12.4 Å². The number of hydrogen-bond acceptors (Lipinski definition) is 5. The number of nitrogens with zero attached hydrogens (tertiary/aromatic N) is 1. The molecule has 4 rings (SSSR count). The molecule has 1 aliphatic heterocycles. The average Bonchev–Trinajstić information content (AvgIpc) is 3.26. The molecule has 1 aliphatic rings. The molecule has 1 N–H and O–H groups in total. The van der Waals surface area contributed by atoms with Gasteiger partial charge in [-0.2, -0.15) is 0 Å². The molecule has 0 saturated carbocycles. The second kappa shape index (κ2) is 8.22. The number of Topliss-reactive ketones (excluding diaryl/α,β-unsaturated/α-hetero) is 1. The Kier molecular flexibility index (Phi) is 5.64. The molecule has 0 saturated heterocycles. The van der Waals surface area contributed by atoms with Crippen LogP contribution in [0.2, 0.25) is 5.02 Å². The van der Waals surface area contributed by atoms with Crippen LogP contribution in [-0.2, 0) is 10.4 Å². The summed E-state index contributed by atoms with van der Waals surface area (Å²) in [6.45, 7) is 2.39. The average molecular weight is 442 g/mol. The topological polar surface area (TPSA) is 66.8 Å². The van der Waals surface area contributed by atoms with Gasteiger partial charge in [-0.1, -0.05) is 29.8 Å². The molecule has 3 aromatic rings. The number of para-hydroxylation sites is 1. The van der Waals surface area contributed by atoms with Gasteiger partial charge in [0.2, 0.25) is 0 Å². The highest BCUT2D eigenvalue weighted by Crippen LogP contribution is 2.43. The second-order valence-corrected chi connectivity index (χ2v) is 8.87. The van der Waals surface area contributed by atoms with Crippen molar-refractivity contribution in [1.29, 1.82) is 0 Å². The molecule has 0 radical (unpaired) electrons. The molecular weight excluding hydrogens is 422 g/mol. The number of carbonyl (C=O) groups excluding carboxylic acids is 2. The first-order valence-electron chi connectivity index (χ1n) is 9.50. The summed E-state index contributed by atoms with van der Waals surface area (Å²) in [6.07, 6.45) is -0.294. The first kappa shape index (κ1) is 20.6. The number of thiophene rings is 1. The highest BCUT2D eigenvalue weighted by molar-refractivity contribution is 7.14. The molecule has 154 valence electrons. The SMILES string of the molecule is Cc1ccc(C(=O)C[C@]2(O)C(=O)N(CCOc3ccc(Cl)cc3)c3ccccc32)s1. The number of aryl methyl sites for hydroxylation is 1. The van der Waals surface area contributed by atoms with E-state index in [-0.39, 0.29) is 25.4 Å². The summed E-state index contributed by atoms with van der Waals surface area (Å²) in [7, 11) is 0. The molecule has 5 nitrogen and oxygen atoms in total. The standard InChI is InChI=1S/C23H20ClNO4S/c1-15-6-11-21(30-15)20(26)14-23(28)18-4-2-3-5-19(18)25(22(23)27)12-13-29-17-9-7-16(24)8-10-17/h2-11,28H,12-14H2,1H3/t23-/m1/s1. The minimum atomic E-state index is -1.88. The van der Waals surface area contributed by atoms with Crippen molar-refractivity contribution in [3.63, 3.8) is 0 Å². The van der Waals surface area contributed by atoms with Gasteiger partial charge in [-0.3, -0.25) is 9.59 Å². The van der Waals surface area contributed by atoms with Crippen molar-refractivity contribution in [1.82, 2.24) is 0 Å². The number of rotatable bonds is 7. The van der Waals surface area contributed by atoms with E-state index in [0.717, 1.165) is 4.88 Å². The summed E-state index contributed by atoms with van der Waals surface area (Å²) in [5.74, 6) is -0.124. The third-order valence-electron chi connectivity index (χ3n) is 5.07. The lowest BCUT2D eigenvalue weighted by atomic mass is 9.89. The number of carbonyl (C=O) groups is 2. The fourth-order valence-electron chi connectivity index (χ4n) is 3.59. The zero-order valence-electron chi connectivity index (χ0n) is 16.3. The Bertz CT molecular complexity index is 1090. The number of ketones is 1. The fraction of sp³-hybridized carbons (Fsp3) is 0.217. The number of amides is 1. The van der Waals surface area contributed by atoms with Crippen LogP contribution >= 0.6 is 22.9 Å². The van der Waals surface area contributed by atoms with Crippen LogP contribution in [0.4, 0.5) is 5.69 Å². The second-order valence-electron chi connectivity index (χ2n) is 7.15. The molecule has 0 unspecified atom stereocenters. The van der Waals surface area contributed by atoms with Crippen LogP contribution in [0.5, 0.6) is 5.75 Å². The van der Waals surface area contributed by atoms with E-state index in [1.165, 1.54) is 16.2 Å². The van der Waals surface area contributed by atoms with E-state index in [0.29, 0.717) is 26.9 Å². The van der Waals surface area contributed by atoms with Crippen molar-refractivity contribution in [3.8, 4) is 5.75 Å². The first-order chi connectivity index (χ1) is 14.4. The lowest BCUT2D eigenvalue weighted by molar-refractivity contribution is -0.135. The highest BCUT2D eigenvalue weighted by Gasteiger charge is 2.50. The maximum absolute atomic E-state index is 13.2. The van der Waals surface area contributed by atoms with Gasteiger partial charge >= 0.3 is 0 Å². The molecule has 0 bridgehead atoms. The molecule has 0 fully saturated rings. The van der Waals surface area contributed by atoms with E-state index in [1.807, 2.05) is 13.0 Å². The summed E-state index contributed by atoms with van der Waals surface area (Å²) in [5, 5.41) is 11.9. The Morgan fingerprint density at radius 3 is 2.57 bits per heavy atom. The number of anilines is 1. The van der Waals surface area contributed by atoms with Crippen LogP contribution in [0.3, 0.4) is 0 Å². The third-order valence-corrected chi connectivity index (χ3v) is 6.36. The molecule has 7 heteroatoms. The van der Waals surface area contributed by atoms with E-state index < -0.39 is 11.5 Å². The number of hydrogen-bond donors (Lipinski definition) is 1. The molecule has 2 aromatic carbocycles. The minimum absolute atomic E-state index is 0.232. The Balaban J connectivity index is 1.52. The summed E-state index contributed by atoms with van der Waals surface area (Å²) < 4.78 is 5.71. The number of aliphatic hydroxyl groups is 1. The Morgan fingerprint density at radius 2 is 1.87 bits per heavy atom. The smallest absolute Gasteiger partial charge is 0.264 e. The van der Waals surface area contributed by atoms with Gasteiger partial charge in [0.15, 0.2) is 11.4 Å². The minimum Gasteiger partial charge on any atom is -0.492 e. The number of fused-ring (bicyclic) bond motifs is 1. The quantitative estimate of drug-likeness (QED) is 0.544. The molecule has 2 heterocycles. The van der Waals surface area contributed by atoms with E-state index in [2.05, 4.69) is 0 Å². The van der Waals surface area contributed by atoms with Gasteiger partial charge in [-0.15, -0.1) is 11.3 Å². The summed E-state index contributed by atoms with van der Waals surface area (Å²) in [4.78, 5) is 29.0. The van der Waals surface area contributed by atoms with E-state index in [1.54, 1.807) is 54.6 Å². The Labute approximate surface area is 183 Å². The van der Waals surface area contributed by atoms with Crippen LogP contribution in [-0.4, -0.2) is 29.9 Å². The monoisotopic (exact) mass is 441 g/mol. The summed E-state index contributed by atoms with van der Waals surface area (Å²) >= 11 is 7.24. The summed E-state index contributed by atoms with van der Waals surface area (Å²) in [5.41, 5.74) is -0.839. The van der Waals surface area contributed by atoms with Crippen LogP contribution < -0.4 is 9.64 Å². The largest absolute Gasteiger partial charge is 0.492 e. The fourth-order valence-corrected chi connectivity index (χ4v) is 4.52. The molecular formula is C23H20ClNO4S. The number of ether oxygens (including phenoxy) is 1. The van der Waals surface area contributed by atoms with Crippen molar-refractivity contribution < 1.29 is 19.4 Å². The van der Waals surface area contributed by atoms with Crippen molar-refractivity contribution >= 4 is 40.3 Å². The molecule has 1 atom stereocenters. The van der Waals surface area contributed by atoms with Crippen molar-refractivity contribution in [2.24, 2.45) is 0 Å². The van der Waals surface area contributed by atoms with Crippen molar-refractivity contribution in [2.45, 2.75) is 18.9 Å². The van der Waals surface area contributed by atoms with E-state index in [9.17, 15) is 14.7 Å². The van der Waals surface area contributed by atoms with E-state index in [4.69, 9.17) is 16.3 Å². The molecule has 30 heavy (non-hydrogen) atoms. The van der Waals surface area contributed by atoms with Crippen LogP contribution in [0.15, 0.2) is 60.7 Å². The van der Waals surface area contributed by atoms with Crippen LogP contribution in [0, 0.1) is 6.92 Å². The zero-order chi connectivity index (χ0) is 21.3. The lowest BCUT2D eigenvalue weighted by Gasteiger charge is -2.22. The maximum atomic E-state index is 13.2. The van der Waals surface area contributed by atoms with Gasteiger partial charge in [-0.25, -0.2) is 0 Å². The Morgan fingerprint density at radius 1 is 1.13 bits per heavy atom. The molecule has 1 amide bonds. The number of benzene rings is 2. The Hall–Kier alpha value is -2.67. The van der Waals surface area contributed by atoms with Gasteiger partial charge in [0, 0.05) is 15.5 Å². The predicted molar refractivity (Wildman–Crippen MR) is 118 cm³/mol. The third kappa shape index (κ3) is 3.86. The van der Waals surface area contributed by atoms with E-state index >= 15 is 0 Å². The predicted octanol–water partition coefficient (Wildman–Crippen LogP) is 4.60. The number of halogens is 1. The summed E-state index contributed by atoms with van der Waals surface area (Å²) in [6, 6.07) is 17.6. The van der Waals surface area contributed by atoms with Crippen LogP contribution in [0.1, 0.15) is 26.5 Å². The van der Waals surface area contributed by atoms with Gasteiger partial charge in [0.05, 0.1) is 23.5 Å².